The molecule has 3 rings (SSSR count). The fourth-order valence-corrected chi connectivity index (χ4v) is 2.52. The van der Waals surface area contributed by atoms with Crippen LogP contribution in [0.5, 0.6) is 0 Å². The molecule has 1 heterocycles. The van der Waals surface area contributed by atoms with Gasteiger partial charge in [-0.05, 0) is 23.1 Å². The van der Waals surface area contributed by atoms with Crippen LogP contribution in [0.1, 0.15) is 26.3 Å². The lowest BCUT2D eigenvalue weighted by molar-refractivity contribution is -0.384. The third-order valence-corrected chi connectivity index (χ3v) is 3.93. The van der Waals surface area contributed by atoms with Crippen LogP contribution in [0.3, 0.4) is 0 Å². The van der Waals surface area contributed by atoms with Gasteiger partial charge in [0.2, 0.25) is 0 Å². The van der Waals surface area contributed by atoms with Crippen molar-refractivity contribution in [3.63, 3.8) is 0 Å². The fourth-order valence-electron chi connectivity index (χ4n) is 2.52. The Labute approximate surface area is 135 Å². The van der Waals surface area contributed by atoms with E-state index < -0.39 is 4.92 Å². The van der Waals surface area contributed by atoms with Gasteiger partial charge in [-0.15, -0.1) is 0 Å². The smallest absolute Gasteiger partial charge is 0.258 e. The van der Waals surface area contributed by atoms with E-state index in [1.807, 2.05) is 24.3 Å². The molecule has 0 radical (unpaired) electrons. The van der Waals surface area contributed by atoms with Gasteiger partial charge in [-0.3, -0.25) is 10.1 Å². The Morgan fingerprint density at radius 3 is 2.22 bits per heavy atom. The van der Waals surface area contributed by atoms with Crippen molar-refractivity contribution in [1.82, 2.24) is 4.98 Å². The SMILES string of the molecule is CC(C)(C)c1ccc(-c2ccc3ccc([N+](=O)[O-])cc3n2)cc1. The second kappa shape index (κ2) is 5.47. The Balaban J connectivity index is 2.04. The van der Waals surface area contributed by atoms with Crippen molar-refractivity contribution in [3.8, 4) is 11.3 Å². The third kappa shape index (κ3) is 3.06. The zero-order valence-electron chi connectivity index (χ0n) is 13.4. The zero-order valence-corrected chi connectivity index (χ0v) is 13.4. The fraction of sp³-hybridized carbons (Fsp3) is 0.211. The Morgan fingerprint density at radius 2 is 1.61 bits per heavy atom. The number of fused-ring (bicyclic) bond motifs is 1. The van der Waals surface area contributed by atoms with Gasteiger partial charge in [-0.1, -0.05) is 51.1 Å². The van der Waals surface area contributed by atoms with Gasteiger partial charge in [0.15, 0.2) is 0 Å². The van der Waals surface area contributed by atoms with Crippen LogP contribution >= 0.6 is 0 Å². The summed E-state index contributed by atoms with van der Waals surface area (Å²) in [5, 5.41) is 11.8. The lowest BCUT2D eigenvalue weighted by Crippen LogP contribution is -2.10. The molecule has 0 aliphatic heterocycles. The first-order chi connectivity index (χ1) is 10.8. The molecule has 0 saturated carbocycles. The van der Waals surface area contributed by atoms with E-state index in [2.05, 4.69) is 37.9 Å². The molecule has 0 unspecified atom stereocenters. The molecule has 1 aromatic heterocycles. The number of rotatable bonds is 2. The first kappa shape index (κ1) is 15.2. The Kier molecular flexibility index (Phi) is 3.60. The number of nitrogens with zero attached hydrogens (tertiary/aromatic N) is 2. The van der Waals surface area contributed by atoms with Gasteiger partial charge >= 0.3 is 0 Å². The van der Waals surface area contributed by atoms with E-state index in [1.54, 1.807) is 6.07 Å². The number of pyridine rings is 1. The van der Waals surface area contributed by atoms with Gasteiger partial charge in [0, 0.05) is 23.1 Å². The summed E-state index contributed by atoms with van der Waals surface area (Å²) in [6.07, 6.45) is 0. The second-order valence-electron chi connectivity index (χ2n) is 6.66. The van der Waals surface area contributed by atoms with Crippen LogP contribution in [0.2, 0.25) is 0 Å². The number of benzene rings is 2. The molecule has 0 aliphatic rings. The summed E-state index contributed by atoms with van der Waals surface area (Å²) in [4.78, 5) is 15.1. The molecule has 0 bridgehead atoms. The van der Waals surface area contributed by atoms with Crippen LogP contribution in [-0.4, -0.2) is 9.91 Å². The molecule has 3 aromatic rings. The molecule has 23 heavy (non-hydrogen) atoms. The monoisotopic (exact) mass is 306 g/mol. The highest BCUT2D eigenvalue weighted by molar-refractivity contribution is 5.83. The van der Waals surface area contributed by atoms with Crippen molar-refractivity contribution in [3.05, 3.63) is 70.3 Å². The van der Waals surface area contributed by atoms with E-state index in [1.165, 1.54) is 17.7 Å². The van der Waals surface area contributed by atoms with Crippen LogP contribution in [0.4, 0.5) is 5.69 Å². The van der Waals surface area contributed by atoms with E-state index in [4.69, 9.17) is 0 Å². The summed E-state index contributed by atoms with van der Waals surface area (Å²) in [7, 11) is 0. The van der Waals surface area contributed by atoms with Gasteiger partial charge in [-0.25, -0.2) is 4.98 Å². The normalized spacial score (nSPS) is 11.6. The van der Waals surface area contributed by atoms with E-state index in [-0.39, 0.29) is 11.1 Å². The first-order valence-corrected chi connectivity index (χ1v) is 7.51. The summed E-state index contributed by atoms with van der Waals surface area (Å²) in [6.45, 7) is 6.53. The zero-order chi connectivity index (χ0) is 16.6. The van der Waals surface area contributed by atoms with Crippen LogP contribution in [0, 0.1) is 10.1 Å². The molecule has 4 nitrogen and oxygen atoms in total. The molecule has 0 spiro atoms. The van der Waals surface area contributed by atoms with Crippen LogP contribution < -0.4 is 0 Å². The van der Waals surface area contributed by atoms with E-state index in [0.717, 1.165) is 16.6 Å². The lowest BCUT2D eigenvalue weighted by atomic mass is 9.86. The van der Waals surface area contributed by atoms with Crippen molar-refractivity contribution in [2.75, 3.05) is 0 Å². The summed E-state index contributed by atoms with van der Waals surface area (Å²) < 4.78 is 0. The van der Waals surface area contributed by atoms with Crippen LogP contribution in [-0.2, 0) is 5.41 Å². The topological polar surface area (TPSA) is 56.0 Å². The molecule has 4 heteroatoms. The number of nitro groups is 1. The maximum absolute atomic E-state index is 10.9. The minimum Gasteiger partial charge on any atom is -0.258 e. The van der Waals surface area contributed by atoms with Crippen molar-refractivity contribution in [1.29, 1.82) is 0 Å². The van der Waals surface area contributed by atoms with E-state index >= 15 is 0 Å². The highest BCUT2D eigenvalue weighted by Gasteiger charge is 2.13. The van der Waals surface area contributed by atoms with E-state index in [9.17, 15) is 10.1 Å². The highest BCUT2D eigenvalue weighted by Crippen LogP contribution is 2.27. The molecular formula is C19H18N2O2. The molecular weight excluding hydrogens is 288 g/mol. The maximum atomic E-state index is 10.9. The first-order valence-electron chi connectivity index (χ1n) is 7.51. The average molecular weight is 306 g/mol. The summed E-state index contributed by atoms with van der Waals surface area (Å²) >= 11 is 0. The Hall–Kier alpha value is -2.75. The van der Waals surface area contributed by atoms with Crippen molar-refractivity contribution < 1.29 is 4.92 Å². The summed E-state index contributed by atoms with van der Waals surface area (Å²) in [6, 6.07) is 16.9. The van der Waals surface area contributed by atoms with Gasteiger partial charge < -0.3 is 0 Å². The largest absolute Gasteiger partial charge is 0.271 e. The van der Waals surface area contributed by atoms with Gasteiger partial charge in [-0.2, -0.15) is 0 Å². The average Bonchev–Trinajstić information content (AvgIpc) is 2.53. The number of nitro benzene ring substituents is 1. The summed E-state index contributed by atoms with van der Waals surface area (Å²) in [5.74, 6) is 0. The standard InChI is InChI=1S/C19H18N2O2/c1-19(2,3)15-8-4-13(5-9-15)17-11-7-14-6-10-16(21(22)23)12-18(14)20-17/h4-12H,1-3H3. The molecule has 0 fully saturated rings. The summed E-state index contributed by atoms with van der Waals surface area (Å²) in [5.41, 5.74) is 3.89. The number of hydrogen-bond acceptors (Lipinski definition) is 3. The van der Waals surface area contributed by atoms with Crippen LogP contribution in [0.25, 0.3) is 22.2 Å². The van der Waals surface area contributed by atoms with Gasteiger partial charge in [0.25, 0.3) is 5.69 Å². The minimum absolute atomic E-state index is 0.0604. The number of non-ortho nitro benzene ring substituents is 1. The van der Waals surface area contributed by atoms with Crippen molar-refractivity contribution >= 4 is 16.6 Å². The highest BCUT2D eigenvalue weighted by atomic mass is 16.6. The lowest BCUT2D eigenvalue weighted by Gasteiger charge is -2.19. The molecule has 0 N–H and O–H groups in total. The molecule has 0 saturated heterocycles. The van der Waals surface area contributed by atoms with Crippen molar-refractivity contribution in [2.24, 2.45) is 0 Å². The van der Waals surface area contributed by atoms with Gasteiger partial charge in [0.05, 0.1) is 16.1 Å². The molecule has 0 amide bonds. The van der Waals surface area contributed by atoms with Crippen LogP contribution in [0.15, 0.2) is 54.6 Å². The quantitative estimate of drug-likeness (QED) is 0.488. The maximum Gasteiger partial charge on any atom is 0.271 e. The predicted molar refractivity (Wildman–Crippen MR) is 92.5 cm³/mol. The second-order valence-corrected chi connectivity index (χ2v) is 6.66. The molecule has 0 aliphatic carbocycles. The number of hydrogen-bond donors (Lipinski definition) is 0. The minimum atomic E-state index is -0.397. The third-order valence-electron chi connectivity index (χ3n) is 3.93. The Bertz CT molecular complexity index is 878. The predicted octanol–water partition coefficient (Wildman–Crippen LogP) is 5.11. The molecule has 2 aromatic carbocycles. The van der Waals surface area contributed by atoms with E-state index in [0.29, 0.717) is 5.52 Å². The van der Waals surface area contributed by atoms with Gasteiger partial charge in [0.1, 0.15) is 0 Å². The molecule has 0 atom stereocenters. The Morgan fingerprint density at radius 1 is 0.957 bits per heavy atom. The van der Waals surface area contributed by atoms with Crippen molar-refractivity contribution in [2.45, 2.75) is 26.2 Å². The number of aromatic nitrogens is 1. The molecule has 116 valence electrons.